The van der Waals surface area contributed by atoms with Crippen molar-refractivity contribution in [2.75, 3.05) is 37.6 Å². The molecule has 166 valence electrons. The van der Waals surface area contributed by atoms with Crippen molar-refractivity contribution in [3.63, 3.8) is 0 Å². The van der Waals surface area contributed by atoms with Crippen molar-refractivity contribution >= 4 is 27.6 Å². The first-order chi connectivity index (χ1) is 15.4. The summed E-state index contributed by atoms with van der Waals surface area (Å²) in [5.74, 6) is -3.89. The van der Waals surface area contributed by atoms with Crippen LogP contribution in [0, 0.1) is 23.3 Å². The summed E-state index contributed by atoms with van der Waals surface area (Å²) < 4.78 is 54.8. The molecule has 2 aromatic carbocycles. The topological polar surface area (TPSA) is 48.1 Å². The number of halogens is 4. The first-order valence-electron chi connectivity index (χ1n) is 10.5. The largest absolute Gasteiger partial charge is 0.368 e. The Kier molecular flexibility index (Phi) is 5.21. The molecule has 9 heteroatoms. The number of rotatable bonds is 4. The van der Waals surface area contributed by atoms with Crippen molar-refractivity contribution in [1.82, 2.24) is 19.9 Å². The second kappa shape index (κ2) is 8.05. The number of anilines is 1. The number of aromatic amines is 1. The summed E-state index contributed by atoms with van der Waals surface area (Å²) in [6, 6.07) is 7.41. The van der Waals surface area contributed by atoms with Gasteiger partial charge in [0.15, 0.2) is 17.5 Å². The van der Waals surface area contributed by atoms with E-state index in [0.29, 0.717) is 12.4 Å². The van der Waals surface area contributed by atoms with Crippen LogP contribution in [-0.4, -0.2) is 52.6 Å². The third kappa shape index (κ3) is 3.66. The van der Waals surface area contributed by atoms with Gasteiger partial charge >= 0.3 is 0 Å². The maximum absolute atomic E-state index is 14.0. The van der Waals surface area contributed by atoms with E-state index in [1.807, 2.05) is 13.0 Å². The van der Waals surface area contributed by atoms with Gasteiger partial charge in [0, 0.05) is 62.0 Å². The zero-order valence-corrected chi connectivity index (χ0v) is 17.4. The first-order valence-corrected chi connectivity index (χ1v) is 10.5. The monoisotopic (exact) mass is 443 g/mol. The predicted molar refractivity (Wildman–Crippen MR) is 115 cm³/mol. The van der Waals surface area contributed by atoms with Crippen LogP contribution in [0.5, 0.6) is 0 Å². The Balaban J connectivity index is 1.28. The Hall–Kier alpha value is -3.20. The molecule has 1 saturated heterocycles. The molecule has 1 aliphatic rings. The standard InChI is InChI=1S/C23H21F4N5/c1-13(23-29-18-11-16(25)20(26)21(27)22(18)30-23)12-31-6-8-32(9-7-31)19-4-5-28-17-3-2-14(24)10-15(17)19/h2-5,10-11,13H,6-9,12H2,1H3,(H,29,30)/t13-/m1/s1. The molecule has 1 N–H and O–H groups in total. The SMILES string of the molecule is C[C@H](CN1CCN(c2ccnc3ccc(F)cc23)CC1)c1nc2cc(F)c(F)c(F)c2[nH]1. The molecule has 0 spiro atoms. The number of imidazole rings is 1. The minimum Gasteiger partial charge on any atom is -0.368 e. The minimum atomic E-state index is -1.50. The van der Waals surface area contributed by atoms with E-state index in [9.17, 15) is 17.6 Å². The van der Waals surface area contributed by atoms with E-state index in [1.165, 1.54) is 12.1 Å². The molecule has 32 heavy (non-hydrogen) atoms. The maximum Gasteiger partial charge on any atom is 0.196 e. The highest BCUT2D eigenvalue weighted by molar-refractivity contribution is 5.91. The number of pyridine rings is 1. The number of nitrogens with one attached hydrogen (secondary N) is 1. The van der Waals surface area contributed by atoms with Crippen LogP contribution < -0.4 is 4.90 Å². The molecular weight excluding hydrogens is 422 g/mol. The lowest BCUT2D eigenvalue weighted by Crippen LogP contribution is -2.47. The van der Waals surface area contributed by atoms with Gasteiger partial charge in [-0.05, 0) is 24.3 Å². The third-order valence-electron chi connectivity index (χ3n) is 6.03. The van der Waals surface area contributed by atoms with Crippen molar-refractivity contribution in [2.45, 2.75) is 12.8 Å². The van der Waals surface area contributed by atoms with Crippen LogP contribution in [0.2, 0.25) is 0 Å². The van der Waals surface area contributed by atoms with Gasteiger partial charge in [-0.2, -0.15) is 0 Å². The molecule has 0 amide bonds. The van der Waals surface area contributed by atoms with Gasteiger partial charge in [0.2, 0.25) is 0 Å². The van der Waals surface area contributed by atoms with Crippen molar-refractivity contribution in [3.8, 4) is 0 Å². The molecular formula is C23H21F4N5. The van der Waals surface area contributed by atoms with Crippen LogP contribution in [0.4, 0.5) is 23.2 Å². The Labute approximate surface area is 181 Å². The smallest absolute Gasteiger partial charge is 0.196 e. The highest BCUT2D eigenvalue weighted by Crippen LogP contribution is 2.28. The van der Waals surface area contributed by atoms with Crippen LogP contribution >= 0.6 is 0 Å². The fraction of sp³-hybridized carbons (Fsp3) is 0.304. The van der Waals surface area contributed by atoms with Gasteiger partial charge < -0.3 is 9.88 Å². The summed E-state index contributed by atoms with van der Waals surface area (Å²) in [6.07, 6.45) is 1.73. The highest BCUT2D eigenvalue weighted by Gasteiger charge is 2.23. The highest BCUT2D eigenvalue weighted by atomic mass is 19.2. The van der Waals surface area contributed by atoms with Gasteiger partial charge in [0.25, 0.3) is 0 Å². The molecule has 0 aliphatic carbocycles. The zero-order valence-electron chi connectivity index (χ0n) is 17.4. The normalized spacial score (nSPS) is 16.2. The Morgan fingerprint density at radius 2 is 1.75 bits per heavy atom. The number of aromatic nitrogens is 3. The van der Waals surface area contributed by atoms with Crippen LogP contribution in [0.15, 0.2) is 36.5 Å². The number of H-pyrrole nitrogens is 1. The number of benzene rings is 2. The molecule has 0 saturated carbocycles. The van der Waals surface area contributed by atoms with Crippen LogP contribution in [-0.2, 0) is 0 Å². The molecule has 2 aromatic heterocycles. The Morgan fingerprint density at radius 1 is 0.969 bits per heavy atom. The fourth-order valence-electron chi connectivity index (χ4n) is 4.33. The summed E-state index contributed by atoms with van der Waals surface area (Å²) in [5, 5.41) is 0.790. The quantitative estimate of drug-likeness (QED) is 0.370. The van der Waals surface area contributed by atoms with Gasteiger partial charge in [-0.15, -0.1) is 0 Å². The van der Waals surface area contributed by atoms with E-state index in [1.54, 1.807) is 12.3 Å². The second-order valence-corrected chi connectivity index (χ2v) is 8.18. The van der Waals surface area contributed by atoms with Gasteiger partial charge in [0.1, 0.15) is 17.2 Å². The number of nitrogens with zero attached hydrogens (tertiary/aromatic N) is 4. The maximum atomic E-state index is 14.0. The zero-order chi connectivity index (χ0) is 22.4. The van der Waals surface area contributed by atoms with Crippen LogP contribution in [0.1, 0.15) is 18.7 Å². The molecule has 3 heterocycles. The lowest BCUT2D eigenvalue weighted by molar-refractivity contribution is 0.244. The predicted octanol–water partition coefficient (Wildman–Crippen LogP) is 4.59. The molecule has 5 nitrogen and oxygen atoms in total. The Morgan fingerprint density at radius 3 is 2.53 bits per heavy atom. The molecule has 1 aliphatic heterocycles. The number of hydrogen-bond donors (Lipinski definition) is 1. The Bertz CT molecular complexity index is 1300. The summed E-state index contributed by atoms with van der Waals surface area (Å²) in [4.78, 5) is 15.9. The van der Waals surface area contributed by atoms with Crippen molar-refractivity contribution < 1.29 is 17.6 Å². The molecule has 4 aromatic rings. The summed E-state index contributed by atoms with van der Waals surface area (Å²) in [5.41, 5.74) is 1.67. The summed E-state index contributed by atoms with van der Waals surface area (Å²) in [6.45, 7) is 5.67. The molecule has 0 unspecified atom stereocenters. The summed E-state index contributed by atoms with van der Waals surface area (Å²) >= 11 is 0. The average Bonchev–Trinajstić information content (AvgIpc) is 3.22. The van der Waals surface area contributed by atoms with E-state index < -0.39 is 17.5 Å². The lowest BCUT2D eigenvalue weighted by atomic mass is 10.1. The van der Waals surface area contributed by atoms with Gasteiger partial charge in [-0.1, -0.05) is 6.92 Å². The van der Waals surface area contributed by atoms with E-state index in [2.05, 4.69) is 24.8 Å². The molecule has 0 radical (unpaired) electrons. The minimum absolute atomic E-state index is 0.0740. The van der Waals surface area contributed by atoms with Gasteiger partial charge in [0.05, 0.1) is 11.0 Å². The first kappa shape index (κ1) is 20.7. The number of fused-ring (bicyclic) bond motifs is 2. The lowest BCUT2D eigenvalue weighted by Gasteiger charge is -2.37. The van der Waals surface area contributed by atoms with Gasteiger partial charge in [-0.3, -0.25) is 9.88 Å². The number of hydrogen-bond acceptors (Lipinski definition) is 4. The molecule has 0 bridgehead atoms. The van der Waals surface area contributed by atoms with E-state index >= 15 is 0 Å². The van der Waals surface area contributed by atoms with Crippen molar-refractivity contribution in [1.29, 1.82) is 0 Å². The second-order valence-electron chi connectivity index (χ2n) is 8.18. The molecule has 1 fully saturated rings. The van der Waals surface area contributed by atoms with Crippen molar-refractivity contribution in [3.05, 3.63) is 65.6 Å². The fourth-order valence-corrected chi connectivity index (χ4v) is 4.33. The van der Waals surface area contributed by atoms with Crippen LogP contribution in [0.3, 0.4) is 0 Å². The molecule has 5 rings (SSSR count). The molecule has 1 atom stereocenters. The average molecular weight is 443 g/mol. The van der Waals surface area contributed by atoms with Gasteiger partial charge in [-0.25, -0.2) is 22.5 Å². The third-order valence-corrected chi connectivity index (χ3v) is 6.03. The van der Waals surface area contributed by atoms with E-state index in [0.717, 1.165) is 48.8 Å². The van der Waals surface area contributed by atoms with Crippen LogP contribution in [0.25, 0.3) is 21.9 Å². The number of piperazine rings is 1. The van der Waals surface area contributed by atoms with E-state index in [4.69, 9.17) is 0 Å². The summed E-state index contributed by atoms with van der Waals surface area (Å²) in [7, 11) is 0. The van der Waals surface area contributed by atoms with Crippen molar-refractivity contribution in [2.24, 2.45) is 0 Å². The van der Waals surface area contributed by atoms with E-state index in [-0.39, 0.29) is 22.8 Å².